The number of nitrogens with one attached hydrogen (secondary N) is 1. The van der Waals surface area contributed by atoms with Crippen LogP contribution in [0.5, 0.6) is 5.75 Å². The van der Waals surface area contributed by atoms with Gasteiger partial charge in [-0.2, -0.15) is 0 Å². The number of aromatic carboxylic acids is 1. The zero-order valence-electron chi connectivity index (χ0n) is 50.4. The second-order valence-corrected chi connectivity index (χ2v) is 22.6. The number of ether oxygens (including phenoxy) is 3. The Labute approximate surface area is 508 Å². The van der Waals surface area contributed by atoms with Crippen LogP contribution in [0.2, 0.25) is 0 Å². The number of alkyl carbamates (subject to hydrolysis) is 1. The molecule has 3 unspecified atom stereocenters. The maximum Gasteiger partial charge on any atom is 0.410 e. The van der Waals surface area contributed by atoms with E-state index in [0.29, 0.717) is 34.3 Å². The number of hydrogen-bond donors (Lipinski definition) is 4. The van der Waals surface area contributed by atoms with Crippen LogP contribution >= 0.6 is 0 Å². The summed E-state index contributed by atoms with van der Waals surface area (Å²) in [7, 11) is 3.23. The average molecular weight is 1190 g/mol. The summed E-state index contributed by atoms with van der Waals surface area (Å²) in [5.74, 6) is 0.866. The molecule has 5 N–H and O–H groups in total. The number of hydrogen-bond acceptors (Lipinski definition) is 21. The molecule has 3 heterocycles. The maximum atomic E-state index is 12.7. The summed E-state index contributed by atoms with van der Waals surface area (Å²) >= 11 is 0. The van der Waals surface area contributed by atoms with Gasteiger partial charge in [-0.1, -0.05) is 127 Å². The number of rotatable bonds is 13. The van der Waals surface area contributed by atoms with Gasteiger partial charge in [-0.25, -0.2) is 19.2 Å². The van der Waals surface area contributed by atoms with E-state index in [-0.39, 0.29) is 28.8 Å². The van der Waals surface area contributed by atoms with Crippen LogP contribution in [-0.4, -0.2) is 136 Å². The van der Waals surface area contributed by atoms with Crippen molar-refractivity contribution in [2.24, 2.45) is 0 Å². The Balaban J connectivity index is 0.000000188. The fourth-order valence-corrected chi connectivity index (χ4v) is 8.00. The smallest absolute Gasteiger partial charge is 0.410 e. The fourth-order valence-electron chi connectivity index (χ4n) is 8.00. The van der Waals surface area contributed by atoms with Crippen molar-refractivity contribution in [1.29, 1.82) is 0 Å². The van der Waals surface area contributed by atoms with Crippen molar-refractivity contribution < 1.29 is 43.6 Å². The van der Waals surface area contributed by atoms with Crippen LogP contribution in [0.3, 0.4) is 0 Å². The van der Waals surface area contributed by atoms with E-state index in [9.17, 15) is 24.3 Å². The lowest BCUT2D eigenvalue weighted by atomic mass is 10.0. The van der Waals surface area contributed by atoms with Gasteiger partial charge in [0.2, 0.25) is 29.1 Å². The Morgan fingerprint density at radius 1 is 0.432 bits per heavy atom. The highest BCUT2D eigenvalue weighted by Crippen LogP contribution is 2.30. The molecule has 25 heteroatoms. The van der Waals surface area contributed by atoms with Crippen LogP contribution in [-0.2, 0) is 14.2 Å². The molecule has 6 aromatic carbocycles. The summed E-state index contributed by atoms with van der Waals surface area (Å²) in [4.78, 5) is 51.6. The van der Waals surface area contributed by atoms with E-state index in [1.165, 1.54) is 34.1 Å². The first-order valence-corrected chi connectivity index (χ1v) is 27.5. The topological polar surface area (TPSA) is 336 Å². The number of benzene rings is 6. The molecule has 0 bridgehead atoms. The summed E-state index contributed by atoms with van der Waals surface area (Å²) in [5, 5.41) is 71.6. The average Bonchev–Trinajstić information content (AvgIpc) is 1.49. The van der Waals surface area contributed by atoms with Crippen LogP contribution in [0.1, 0.15) is 125 Å². The third-order valence-electron chi connectivity index (χ3n) is 12.1. The molecule has 0 radical (unpaired) electrons. The molecule has 25 nitrogen and oxygen atoms in total. The molecule has 0 spiro atoms. The zero-order valence-corrected chi connectivity index (χ0v) is 50.4. The van der Waals surface area contributed by atoms with Gasteiger partial charge < -0.3 is 35.5 Å². The second kappa shape index (κ2) is 28.7. The number of aromatic hydroxyl groups is 1. The van der Waals surface area contributed by atoms with Crippen molar-refractivity contribution in [3.05, 3.63) is 204 Å². The fraction of sp³-hybridized carbons (Fsp3) is 0.270. The Kier molecular flexibility index (Phi) is 21.1. The van der Waals surface area contributed by atoms with Crippen molar-refractivity contribution in [3.8, 4) is 39.9 Å². The first-order valence-electron chi connectivity index (χ1n) is 27.5. The Morgan fingerprint density at radius 3 is 1.08 bits per heavy atom. The van der Waals surface area contributed by atoms with Gasteiger partial charge in [-0.05, 0) is 115 Å². The van der Waals surface area contributed by atoms with E-state index in [1.807, 2.05) is 124 Å². The number of anilines is 1. The predicted octanol–water partition coefficient (Wildman–Crippen LogP) is 10.3. The minimum atomic E-state index is -1.05. The molecule has 3 aromatic heterocycles. The Morgan fingerprint density at radius 2 is 0.750 bits per heavy atom. The normalized spacial score (nSPS) is 12.2. The van der Waals surface area contributed by atoms with Crippen molar-refractivity contribution >= 4 is 29.9 Å². The van der Waals surface area contributed by atoms with E-state index in [1.54, 1.807) is 92.0 Å². The number of carboxylic acids is 1. The lowest BCUT2D eigenvalue weighted by Gasteiger charge is -2.29. The highest BCUT2D eigenvalue weighted by atomic mass is 16.6. The first kappa shape index (κ1) is 64.6. The van der Waals surface area contributed by atoms with Crippen LogP contribution in [0.4, 0.5) is 20.1 Å². The summed E-state index contributed by atoms with van der Waals surface area (Å²) in [6.45, 7) is 16.1. The molecule has 0 aliphatic carbocycles. The first-order chi connectivity index (χ1) is 41.7. The van der Waals surface area contributed by atoms with Crippen LogP contribution in [0.25, 0.3) is 34.2 Å². The summed E-state index contributed by atoms with van der Waals surface area (Å²) in [6.07, 6.45) is -1.72. The van der Waals surface area contributed by atoms with Gasteiger partial charge in [-0.15, -0.1) is 61.2 Å². The molecule has 0 fully saturated rings. The minimum absolute atomic E-state index is 0.115. The third-order valence-corrected chi connectivity index (χ3v) is 12.1. The molecule has 0 aliphatic rings. The molecule has 0 saturated heterocycles. The molecule has 0 aliphatic heterocycles. The number of phenolic OH excluding ortho intramolecular Hbond substituents is 1. The third kappa shape index (κ3) is 18.8. The minimum Gasteiger partial charge on any atom is -0.508 e. The van der Waals surface area contributed by atoms with Gasteiger partial charge in [0.25, 0.3) is 0 Å². The number of phenols is 1. The SMILES string of the molecule is CC(C)(C)OC(=O)NC(c1ccc(C(=O)O)cc1)c1nnc(-c2ccccc2)nn1.CN(C(=O)OC(C)(C)C)C(c1ccc(N)cc1)c1nnc(-c2ccccc2)nn1.CN(C(=O)OC(C)(C)C)C(c1ccc(O)cc1)c1nnc(-c2ccccc2)nn1. The molecule has 9 rings (SSSR count). The number of carboxylic acid groups (broad SMARTS) is 1. The number of amides is 3. The Bertz CT molecular complexity index is 3550. The van der Waals surface area contributed by atoms with E-state index < -0.39 is 59.2 Å². The lowest BCUT2D eigenvalue weighted by Crippen LogP contribution is -2.38. The number of carbonyl (C=O) groups excluding carboxylic acids is 3. The van der Waals surface area contributed by atoms with Gasteiger partial charge >= 0.3 is 24.2 Å². The summed E-state index contributed by atoms with van der Waals surface area (Å²) < 4.78 is 16.3. The van der Waals surface area contributed by atoms with Gasteiger partial charge in [0.1, 0.15) is 40.7 Å². The molecule has 9 aromatic rings. The van der Waals surface area contributed by atoms with Gasteiger partial charge in [0.15, 0.2) is 5.82 Å². The van der Waals surface area contributed by atoms with E-state index in [2.05, 4.69) is 66.5 Å². The van der Waals surface area contributed by atoms with E-state index in [0.717, 1.165) is 22.3 Å². The number of aromatic nitrogens is 12. The summed E-state index contributed by atoms with van der Waals surface area (Å²) in [5.41, 5.74) is 8.92. The Hall–Kier alpha value is -11.0. The monoisotopic (exact) mass is 1190 g/mol. The zero-order chi connectivity index (χ0) is 63.8. The largest absolute Gasteiger partial charge is 0.508 e. The van der Waals surface area contributed by atoms with Crippen molar-refractivity contribution in [2.45, 2.75) is 97.2 Å². The molecule has 88 heavy (non-hydrogen) atoms. The second-order valence-electron chi connectivity index (χ2n) is 22.6. The van der Waals surface area contributed by atoms with Gasteiger partial charge in [-0.3, -0.25) is 9.80 Å². The van der Waals surface area contributed by atoms with Gasteiger partial charge in [0, 0.05) is 36.5 Å². The van der Waals surface area contributed by atoms with Gasteiger partial charge in [0.05, 0.1) is 5.56 Å². The van der Waals surface area contributed by atoms with Crippen molar-refractivity contribution in [1.82, 2.24) is 76.3 Å². The maximum absolute atomic E-state index is 12.7. The summed E-state index contributed by atoms with van der Waals surface area (Å²) in [6, 6.07) is 45.5. The number of nitrogens with two attached hydrogens (primary N) is 1. The number of nitrogens with zero attached hydrogens (tertiary/aromatic N) is 14. The lowest BCUT2D eigenvalue weighted by molar-refractivity contribution is 0.0231. The molecule has 454 valence electrons. The predicted molar refractivity (Wildman–Crippen MR) is 324 cm³/mol. The molecular formula is C63H68N16O9. The van der Waals surface area contributed by atoms with E-state index >= 15 is 0 Å². The highest BCUT2D eigenvalue weighted by molar-refractivity contribution is 5.87. The van der Waals surface area contributed by atoms with Crippen LogP contribution in [0.15, 0.2) is 164 Å². The van der Waals surface area contributed by atoms with Crippen molar-refractivity contribution in [3.63, 3.8) is 0 Å². The standard InChI is InChI=1S/C21H24N6O2.C21H21N5O4.C21H23N5O3/c1-21(2,3)29-20(28)27(4)17(14-10-12-16(22)13-11-14)19-25-23-18(24-26-19)15-8-6-5-7-9-15;1-21(2,3)30-20(29)22-16(13-9-11-15(12-10-13)19(27)28)18-25-23-17(24-26-18)14-7-5-4-6-8-14;1-21(2,3)29-20(28)26(4)17(14-10-12-16(27)13-11-14)19-24-22-18(23-25-19)15-8-6-5-7-9-15/h5-13,17H,22H2,1-4H3;4-12,16H,1-3H3,(H,22,29)(H,27,28);5-13,17,27H,1-4H3. The molecule has 3 atom stereocenters. The molecular weight excluding hydrogens is 1120 g/mol. The van der Waals surface area contributed by atoms with E-state index in [4.69, 9.17) is 25.1 Å². The molecule has 0 saturated carbocycles. The van der Waals surface area contributed by atoms with Crippen LogP contribution < -0.4 is 11.1 Å². The van der Waals surface area contributed by atoms with Crippen molar-refractivity contribution in [2.75, 3.05) is 19.8 Å². The quantitative estimate of drug-likeness (QED) is 0.0615. The van der Waals surface area contributed by atoms with Crippen LogP contribution in [0, 0.1) is 0 Å². The molecule has 3 amide bonds. The number of carbonyl (C=O) groups is 4. The highest BCUT2D eigenvalue weighted by Gasteiger charge is 2.33. The number of nitrogen functional groups attached to an aromatic ring is 1.